The lowest BCUT2D eigenvalue weighted by Crippen LogP contribution is -2.15. The molecule has 2 aromatic rings. The number of nitrogens with zero attached hydrogens (tertiary/aromatic N) is 1. The normalized spacial score (nSPS) is 11.7. The lowest BCUT2D eigenvalue weighted by molar-refractivity contribution is -0.839. The molecule has 0 amide bonds. The highest BCUT2D eigenvalue weighted by atomic mass is 17.3. The van der Waals surface area contributed by atoms with Crippen LogP contribution in [0.15, 0.2) is 36.4 Å². The molecule has 0 aliphatic rings. The van der Waals surface area contributed by atoms with E-state index < -0.39 is 17.0 Å². The second-order valence-electron chi connectivity index (χ2n) is 4.39. The number of carbonyl (C=O) groups excluding carboxylic acids is 1. The van der Waals surface area contributed by atoms with Crippen LogP contribution in [-0.4, -0.2) is 18.2 Å². The summed E-state index contributed by atoms with van der Waals surface area (Å²) < 4.78 is 5.14. The van der Waals surface area contributed by atoms with E-state index >= 15 is 0 Å². The van der Waals surface area contributed by atoms with Crippen LogP contribution in [0.2, 0.25) is 0 Å². The number of ether oxygens (including phenoxy) is 1. The molecule has 7 nitrogen and oxygen atoms in total. The summed E-state index contributed by atoms with van der Waals surface area (Å²) in [5, 5.41) is 10.7. The van der Waals surface area contributed by atoms with Gasteiger partial charge in [-0.3, -0.25) is 4.89 Å². The van der Waals surface area contributed by atoms with Gasteiger partial charge in [-0.2, -0.15) is 0 Å². The molecule has 0 N–H and O–H groups in total. The molecule has 0 heterocycles. The molecule has 0 saturated carbocycles. The van der Waals surface area contributed by atoms with Crippen molar-refractivity contribution in [3.63, 3.8) is 0 Å². The average molecular weight is 291 g/mol. The van der Waals surface area contributed by atoms with E-state index in [0.717, 1.165) is 16.5 Å². The minimum absolute atomic E-state index is 0.671. The fraction of sp³-hybridized carbons (Fsp3) is 0.214. The molecule has 0 aliphatic carbocycles. The molecule has 7 heteroatoms. The van der Waals surface area contributed by atoms with E-state index in [0.29, 0.717) is 5.56 Å². The van der Waals surface area contributed by atoms with Gasteiger partial charge in [0.2, 0.25) is 0 Å². The molecule has 110 valence electrons. The lowest BCUT2D eigenvalue weighted by atomic mass is 9.98. The van der Waals surface area contributed by atoms with Crippen molar-refractivity contribution in [2.45, 2.75) is 12.8 Å². The van der Waals surface area contributed by atoms with Crippen LogP contribution in [0.5, 0.6) is 5.75 Å². The smallest absolute Gasteiger partial charge is 0.350 e. The van der Waals surface area contributed by atoms with Crippen LogP contribution in [0.3, 0.4) is 0 Å². The monoisotopic (exact) mass is 291 g/mol. The Morgan fingerprint density at radius 2 is 1.86 bits per heavy atom. The third-order valence-corrected chi connectivity index (χ3v) is 3.11. The summed E-state index contributed by atoms with van der Waals surface area (Å²) in [5.74, 6) is -0.780. The van der Waals surface area contributed by atoms with Gasteiger partial charge >= 0.3 is 11.1 Å². The molecule has 0 unspecified atom stereocenters. The molecule has 0 spiro atoms. The van der Waals surface area contributed by atoms with Crippen LogP contribution in [0.4, 0.5) is 0 Å². The Hall–Kier alpha value is -2.83. The SMILES string of the molecule is COc1ccc2cc([C@H](C)C(=O)OO[N+](=O)[O-])ccc2c1. The van der Waals surface area contributed by atoms with Gasteiger partial charge in [-0.1, -0.05) is 29.3 Å². The molecule has 0 fully saturated rings. The lowest BCUT2D eigenvalue weighted by Gasteiger charge is -2.10. The summed E-state index contributed by atoms with van der Waals surface area (Å²) >= 11 is 0. The van der Waals surface area contributed by atoms with Crippen molar-refractivity contribution in [3.05, 3.63) is 52.1 Å². The van der Waals surface area contributed by atoms with Crippen molar-refractivity contribution < 1.29 is 24.5 Å². The number of benzene rings is 2. The van der Waals surface area contributed by atoms with Crippen molar-refractivity contribution in [1.29, 1.82) is 0 Å². The second-order valence-corrected chi connectivity index (χ2v) is 4.39. The fourth-order valence-electron chi connectivity index (χ4n) is 1.91. The minimum atomic E-state index is -1.18. The van der Waals surface area contributed by atoms with Gasteiger partial charge in [0.1, 0.15) is 5.75 Å². The van der Waals surface area contributed by atoms with Crippen LogP contribution in [0, 0.1) is 10.1 Å². The summed E-state index contributed by atoms with van der Waals surface area (Å²) in [6.45, 7) is 1.58. The highest BCUT2D eigenvalue weighted by molar-refractivity contribution is 5.86. The highest BCUT2D eigenvalue weighted by Crippen LogP contribution is 2.25. The first kappa shape index (κ1) is 14.6. The Morgan fingerprint density at radius 1 is 1.19 bits per heavy atom. The molecule has 21 heavy (non-hydrogen) atoms. The maximum absolute atomic E-state index is 11.6. The van der Waals surface area contributed by atoms with Crippen LogP contribution in [0.1, 0.15) is 18.4 Å². The first-order valence-electron chi connectivity index (χ1n) is 6.12. The number of hydrogen-bond donors (Lipinski definition) is 0. The van der Waals surface area contributed by atoms with Gasteiger partial charge in [-0.25, -0.2) is 4.79 Å². The molecule has 2 rings (SSSR count). The number of carbonyl (C=O) groups is 1. The van der Waals surface area contributed by atoms with E-state index in [1.54, 1.807) is 20.1 Å². The van der Waals surface area contributed by atoms with Crippen molar-refractivity contribution in [2.75, 3.05) is 7.11 Å². The fourth-order valence-corrected chi connectivity index (χ4v) is 1.91. The van der Waals surface area contributed by atoms with E-state index in [1.165, 1.54) is 0 Å². The van der Waals surface area contributed by atoms with Crippen molar-refractivity contribution in [1.82, 2.24) is 0 Å². The summed E-state index contributed by atoms with van der Waals surface area (Å²) in [5.41, 5.74) is 0.671. The largest absolute Gasteiger partial charge is 0.497 e. The molecule has 0 aromatic heterocycles. The predicted molar refractivity (Wildman–Crippen MR) is 73.1 cm³/mol. The van der Waals surface area contributed by atoms with Crippen LogP contribution in [-0.2, 0) is 14.7 Å². The summed E-state index contributed by atoms with van der Waals surface area (Å²) in [7, 11) is 1.59. The molecule has 1 atom stereocenters. The van der Waals surface area contributed by atoms with Gasteiger partial charge in [0.25, 0.3) is 0 Å². The number of hydrogen-bond acceptors (Lipinski definition) is 6. The van der Waals surface area contributed by atoms with Crippen LogP contribution >= 0.6 is 0 Å². The van der Waals surface area contributed by atoms with Gasteiger partial charge in [0, 0.05) is 0 Å². The Bertz CT molecular complexity index is 684. The zero-order valence-corrected chi connectivity index (χ0v) is 11.4. The topological polar surface area (TPSA) is 87.9 Å². The second kappa shape index (κ2) is 6.08. The van der Waals surface area contributed by atoms with E-state index in [1.807, 2.05) is 30.3 Å². The van der Waals surface area contributed by atoms with Gasteiger partial charge in [0.15, 0.2) is 0 Å². The molecule has 0 bridgehead atoms. The number of fused-ring (bicyclic) bond motifs is 1. The standard InChI is InChI=1S/C14H13NO6/c1-9(14(16)20-21-15(17)18)10-3-4-12-8-13(19-2)6-5-11(12)7-10/h3-9H,1-2H3/t9-/m0/s1. The molecular formula is C14H13NO6. The Kier molecular flexibility index (Phi) is 4.22. The number of rotatable bonds is 5. The summed E-state index contributed by atoms with van der Waals surface area (Å²) in [4.78, 5) is 29.3. The van der Waals surface area contributed by atoms with Crippen molar-refractivity contribution in [3.8, 4) is 5.75 Å². The number of methoxy groups -OCH3 is 1. The first-order chi connectivity index (χ1) is 10.0. The van der Waals surface area contributed by atoms with E-state index in [9.17, 15) is 14.9 Å². The molecule has 0 aliphatic heterocycles. The van der Waals surface area contributed by atoms with Crippen molar-refractivity contribution >= 4 is 16.7 Å². The summed E-state index contributed by atoms with van der Waals surface area (Å²) in [6, 6.07) is 10.9. The zero-order chi connectivity index (χ0) is 15.4. The Labute approximate surface area is 120 Å². The van der Waals surface area contributed by atoms with E-state index in [4.69, 9.17) is 4.74 Å². The van der Waals surface area contributed by atoms with Gasteiger partial charge in [-0.05, 0) is 35.4 Å². The Balaban J connectivity index is 2.21. The molecular weight excluding hydrogens is 278 g/mol. The quantitative estimate of drug-likeness (QED) is 0.478. The van der Waals surface area contributed by atoms with Gasteiger partial charge in [-0.15, -0.1) is 10.1 Å². The molecule has 0 saturated heterocycles. The zero-order valence-electron chi connectivity index (χ0n) is 11.4. The molecule has 2 aromatic carbocycles. The third kappa shape index (κ3) is 3.38. The van der Waals surface area contributed by atoms with Gasteiger partial charge < -0.3 is 4.74 Å². The minimum Gasteiger partial charge on any atom is -0.497 e. The molecule has 0 radical (unpaired) electrons. The van der Waals surface area contributed by atoms with Crippen LogP contribution in [0.25, 0.3) is 10.8 Å². The van der Waals surface area contributed by atoms with Crippen molar-refractivity contribution in [2.24, 2.45) is 0 Å². The first-order valence-corrected chi connectivity index (χ1v) is 6.12. The predicted octanol–water partition coefficient (Wildman–Crippen LogP) is 2.62. The van der Waals surface area contributed by atoms with Gasteiger partial charge in [0.05, 0.1) is 13.0 Å². The highest BCUT2D eigenvalue weighted by Gasteiger charge is 2.19. The Morgan fingerprint density at radius 3 is 2.52 bits per heavy atom. The van der Waals surface area contributed by atoms with Crippen LogP contribution < -0.4 is 4.74 Å². The van der Waals surface area contributed by atoms with E-state index in [2.05, 4.69) is 9.88 Å². The third-order valence-electron chi connectivity index (χ3n) is 3.11. The van der Waals surface area contributed by atoms with E-state index in [-0.39, 0.29) is 0 Å². The average Bonchev–Trinajstić information content (AvgIpc) is 2.50. The summed E-state index contributed by atoms with van der Waals surface area (Å²) in [6.07, 6.45) is 0. The maximum atomic E-state index is 11.6. The maximum Gasteiger partial charge on any atom is 0.350 e.